The molecule has 0 unspecified atom stereocenters. The molecule has 90 heavy (non-hydrogen) atoms. The molecule has 0 bridgehead atoms. The fourth-order valence-electron chi connectivity index (χ4n) is 12.5. The van der Waals surface area contributed by atoms with Gasteiger partial charge in [-0.05, 0) is 71.4 Å². The Kier molecular flexibility index (Phi) is 22.9. The van der Waals surface area contributed by atoms with Crippen molar-refractivity contribution in [3.63, 3.8) is 0 Å². The van der Waals surface area contributed by atoms with Gasteiger partial charge in [0.15, 0.2) is 0 Å². The van der Waals surface area contributed by atoms with Crippen LogP contribution in [-0.4, -0.2) is 128 Å². The van der Waals surface area contributed by atoms with Gasteiger partial charge in [0.05, 0.1) is 0 Å². The Hall–Kier alpha value is -7.63. The zero-order chi connectivity index (χ0) is 61.3. The molecule has 8 amide bonds. The molecule has 0 spiro atoms. The molecule has 2 aromatic heterocycles. The molecule has 2 radical (unpaired) electrons. The number of benzene rings is 6. The Labute approximate surface area is 573 Å². The smallest absolute Gasteiger partial charge is 0.246 e. The molecule has 8 aromatic rings. The average Bonchev–Trinajstić information content (AvgIpc) is 1.75. The zero-order valence-corrected chi connectivity index (χ0v) is 55.6. The first-order chi connectivity index (χ1) is 42.7. The van der Waals surface area contributed by atoms with E-state index in [0.717, 1.165) is 55.2 Å². The topological polar surface area (TPSA) is 247 Å². The number of carbonyl (C=O) groups excluding carboxylic acids is 8. The third-order valence-electron chi connectivity index (χ3n) is 17.0. The number of amides is 8. The summed E-state index contributed by atoms with van der Waals surface area (Å²) in [6.07, 6.45) is 5.71. The van der Waals surface area contributed by atoms with Gasteiger partial charge in [0.2, 0.25) is 47.3 Å². The Morgan fingerprint density at radius 1 is 0.333 bits per heavy atom. The largest absolute Gasteiger partial charge is 0.361 e. The van der Waals surface area contributed by atoms with E-state index >= 15 is 0 Å². The molecule has 20 heteroatoms. The summed E-state index contributed by atoms with van der Waals surface area (Å²) in [5, 5.41) is 19.5. The van der Waals surface area contributed by atoms with E-state index < -0.39 is 83.8 Å². The van der Waals surface area contributed by atoms with Crippen LogP contribution in [0.1, 0.15) is 46.2 Å². The van der Waals surface area contributed by atoms with Gasteiger partial charge >= 0.3 is 0 Å². The molecule has 4 saturated heterocycles. The molecule has 8 N–H and O–H groups in total. The van der Waals surface area contributed by atoms with Crippen molar-refractivity contribution in [2.24, 2.45) is 11.8 Å². The number of hydrogen-bond acceptors (Lipinski definition) is 8. The maximum absolute atomic E-state index is 14.1. The number of para-hydroxylation sites is 2. The molecule has 458 valence electrons. The van der Waals surface area contributed by atoms with Crippen molar-refractivity contribution in [3.8, 4) is 0 Å². The number of hydrogen-bond donors (Lipinski definition) is 8. The molecule has 6 heterocycles. The first kappa shape index (κ1) is 66.8. The van der Waals surface area contributed by atoms with Crippen molar-refractivity contribution in [3.05, 3.63) is 229 Å². The molecule has 4 aliphatic heterocycles. The minimum absolute atomic E-state index is 0. The van der Waals surface area contributed by atoms with Crippen LogP contribution in [0, 0.1) is 25.7 Å². The van der Waals surface area contributed by atoms with E-state index in [1.165, 1.54) is 9.80 Å². The molecule has 0 aliphatic carbocycles. The number of aromatic amines is 2. The second-order valence-electron chi connectivity index (χ2n) is 23.5. The van der Waals surface area contributed by atoms with Crippen LogP contribution >= 0.6 is 0 Å². The van der Waals surface area contributed by atoms with E-state index in [2.05, 4.69) is 55.7 Å². The van der Waals surface area contributed by atoms with Crippen molar-refractivity contribution >= 4 is 69.1 Å². The Bertz CT molecular complexity index is 3570. The summed E-state index contributed by atoms with van der Waals surface area (Å²) in [6.45, 7) is 8.84. The van der Waals surface area contributed by atoms with Crippen molar-refractivity contribution in [1.29, 1.82) is 0 Å². The molecular formula is C70H72N10O8Y2-2. The monoisotopic (exact) mass is 1360 g/mol. The van der Waals surface area contributed by atoms with Gasteiger partial charge in [0.1, 0.15) is 48.3 Å². The van der Waals surface area contributed by atoms with Gasteiger partial charge in [0.25, 0.3) is 0 Å². The minimum atomic E-state index is -1.00. The van der Waals surface area contributed by atoms with Gasteiger partial charge in [-0.15, -0.1) is 11.8 Å². The molecule has 0 saturated carbocycles. The van der Waals surface area contributed by atoms with Crippen LogP contribution in [0.3, 0.4) is 0 Å². The second-order valence-corrected chi connectivity index (χ2v) is 23.5. The predicted octanol–water partition coefficient (Wildman–Crippen LogP) is 5.42. The number of H-pyrrole nitrogens is 2. The first-order valence-electron chi connectivity index (χ1n) is 30.1. The van der Waals surface area contributed by atoms with Gasteiger partial charge in [-0.3, -0.25) is 38.4 Å². The molecule has 6 aromatic carbocycles. The number of nitrogens with one attached hydrogen (secondary N) is 8. The van der Waals surface area contributed by atoms with Crippen molar-refractivity contribution in [2.45, 2.75) is 99.7 Å². The standard InChI is InChI=1S/2C35H36N5O4.2Y/c2*1-22-16-31-34(43)38-28(17-23-10-4-2-5-11-23)32(41)37-29(19-25-20-36-27-15-9-8-14-26(25)27)33(42)39-30(35(44)40(31)21-22)18-24-12-6-3-7-13-24;;/h2*2-15,20,22,28-31,36H,1,16-19,21H2,(H,37,41)(H,38,43)(H,39,42);;/q2*-1;;/t22-,28-,29+,30-,31+;22-,28-,29-,30-,31+;;/m00../s1. The van der Waals surface area contributed by atoms with E-state index in [4.69, 9.17) is 0 Å². The van der Waals surface area contributed by atoms with Crippen LogP contribution in [-0.2, 0) is 142 Å². The van der Waals surface area contributed by atoms with Gasteiger partial charge in [0, 0.05) is 138 Å². The molecule has 4 fully saturated rings. The van der Waals surface area contributed by atoms with Crippen molar-refractivity contribution in [2.75, 3.05) is 13.1 Å². The van der Waals surface area contributed by atoms with Crippen LogP contribution in [0.25, 0.3) is 21.8 Å². The van der Waals surface area contributed by atoms with Crippen LogP contribution in [0.2, 0.25) is 0 Å². The quantitative estimate of drug-likeness (QED) is 0.0732. The van der Waals surface area contributed by atoms with Gasteiger partial charge < -0.3 is 65.5 Å². The average molecular weight is 1360 g/mol. The third kappa shape index (κ3) is 16.3. The minimum Gasteiger partial charge on any atom is -0.361 e. The zero-order valence-electron chi connectivity index (χ0n) is 49.9. The number of aromatic nitrogens is 2. The van der Waals surface area contributed by atoms with Crippen LogP contribution < -0.4 is 31.9 Å². The molecular weight excluding hydrogens is 1290 g/mol. The Morgan fingerprint density at radius 3 is 0.933 bits per heavy atom. The van der Waals surface area contributed by atoms with Crippen molar-refractivity contribution < 1.29 is 104 Å². The molecule has 4 aliphatic rings. The maximum atomic E-state index is 14.1. The predicted molar refractivity (Wildman–Crippen MR) is 334 cm³/mol. The summed E-state index contributed by atoms with van der Waals surface area (Å²) in [7, 11) is 0. The summed E-state index contributed by atoms with van der Waals surface area (Å²) in [6, 6.07) is 45.8. The van der Waals surface area contributed by atoms with E-state index in [1.807, 2.05) is 182 Å². The van der Waals surface area contributed by atoms with E-state index in [0.29, 0.717) is 12.8 Å². The second kappa shape index (κ2) is 30.9. The van der Waals surface area contributed by atoms with Gasteiger partial charge in [-0.1, -0.05) is 158 Å². The number of rotatable bonds is 12. The first-order valence-corrected chi connectivity index (χ1v) is 30.1. The van der Waals surface area contributed by atoms with E-state index in [-0.39, 0.29) is 141 Å². The fraction of sp³-hybridized carbons (Fsp3) is 0.286. The molecule has 18 nitrogen and oxygen atoms in total. The fourth-order valence-corrected chi connectivity index (χ4v) is 12.5. The molecule has 12 rings (SSSR count). The van der Waals surface area contributed by atoms with Crippen molar-refractivity contribution in [1.82, 2.24) is 51.7 Å². The normalized spacial score (nSPS) is 24.0. The number of nitrogens with zero attached hydrogens (tertiary/aromatic N) is 2. The summed E-state index contributed by atoms with van der Waals surface area (Å²) in [5.41, 5.74) is 6.97. The Balaban J connectivity index is 0.000000209. The number of fused-ring (bicyclic) bond motifs is 4. The third-order valence-corrected chi connectivity index (χ3v) is 17.0. The van der Waals surface area contributed by atoms with E-state index in [9.17, 15) is 38.4 Å². The molecule has 10 atom stereocenters. The summed E-state index contributed by atoms with van der Waals surface area (Å²) in [4.78, 5) is 121. The van der Waals surface area contributed by atoms with E-state index in [1.54, 1.807) is 0 Å². The van der Waals surface area contributed by atoms with Crippen LogP contribution in [0.5, 0.6) is 0 Å². The van der Waals surface area contributed by atoms with Crippen LogP contribution in [0.15, 0.2) is 182 Å². The summed E-state index contributed by atoms with van der Waals surface area (Å²) < 4.78 is 0. The summed E-state index contributed by atoms with van der Waals surface area (Å²) >= 11 is 0. The SMILES string of the molecule is [CH2-][C@H]1C[C@@H]2C(=O)N[C@@H](Cc3ccccc3)C(=O)N[C@@H](Cc3c[nH]c4ccccc34)C(=O)N[C@@H](Cc3ccccc3)C(=O)N2C1.[CH2-][C@H]1C[C@@H]2C(=O)N[C@@H](Cc3ccccc3)C(=O)N[C@H](Cc3c[nH]c4ccccc34)C(=O)N[C@@H](Cc3ccccc3)C(=O)N2C1.[Y].[Y]. The van der Waals surface area contributed by atoms with Gasteiger partial charge in [-0.25, -0.2) is 0 Å². The van der Waals surface area contributed by atoms with Gasteiger partial charge in [-0.2, -0.15) is 0 Å². The summed E-state index contributed by atoms with van der Waals surface area (Å²) in [5.74, 6) is -3.69. The van der Waals surface area contributed by atoms with Crippen LogP contribution in [0.4, 0.5) is 0 Å². The number of carbonyl (C=O) groups is 8. The Morgan fingerprint density at radius 2 is 0.600 bits per heavy atom. The maximum Gasteiger partial charge on any atom is 0.246 e.